The topological polar surface area (TPSA) is 67.4 Å². The fraction of sp³-hybridized carbons (Fsp3) is 0.368. The van der Waals surface area contributed by atoms with Crippen molar-refractivity contribution in [2.45, 2.75) is 32.8 Å². The van der Waals surface area contributed by atoms with Gasteiger partial charge in [0.05, 0.1) is 0 Å². The smallest absolute Gasteiger partial charge is 0.313 e. The Morgan fingerprint density at radius 2 is 1.76 bits per heavy atom. The average Bonchev–Trinajstić information content (AvgIpc) is 3.02. The highest BCUT2D eigenvalue weighted by Crippen LogP contribution is 2.24. The molecule has 1 heterocycles. The monoisotopic (exact) mass is 360 g/mol. The standard InChI is InChI=1S/C19H24N2O3S/c1-12(2)14-6-8-15(9-7-14)21-19(23)18(22)20-11-16(24-4)17-10-5-13(3)25-17/h5-10,12,16H,11H2,1-4H3,(H,20,22)(H,21,23). The first-order valence-electron chi connectivity index (χ1n) is 8.19. The number of amides is 2. The van der Waals surface area contributed by atoms with E-state index in [0.717, 1.165) is 4.88 Å². The highest BCUT2D eigenvalue weighted by atomic mass is 32.1. The van der Waals surface area contributed by atoms with Crippen LogP contribution in [0.1, 0.15) is 41.2 Å². The lowest BCUT2D eigenvalue weighted by molar-refractivity contribution is -0.136. The molecule has 2 aromatic rings. The maximum atomic E-state index is 12.0. The molecule has 5 nitrogen and oxygen atoms in total. The molecule has 0 saturated carbocycles. The number of carbonyl (C=O) groups excluding carboxylic acids is 2. The fourth-order valence-electron chi connectivity index (χ4n) is 2.33. The average molecular weight is 360 g/mol. The van der Waals surface area contributed by atoms with Crippen molar-refractivity contribution in [3.05, 3.63) is 51.7 Å². The van der Waals surface area contributed by atoms with Gasteiger partial charge in [-0.2, -0.15) is 0 Å². The molecule has 6 heteroatoms. The van der Waals surface area contributed by atoms with Gasteiger partial charge >= 0.3 is 11.8 Å². The van der Waals surface area contributed by atoms with E-state index in [1.807, 2.05) is 31.2 Å². The van der Waals surface area contributed by atoms with Crippen LogP contribution in [0, 0.1) is 6.92 Å². The van der Waals surface area contributed by atoms with Gasteiger partial charge in [0.15, 0.2) is 0 Å². The number of nitrogens with one attached hydrogen (secondary N) is 2. The number of aryl methyl sites for hydroxylation is 1. The van der Waals surface area contributed by atoms with Gasteiger partial charge in [-0.25, -0.2) is 0 Å². The molecule has 1 atom stereocenters. The first kappa shape index (κ1) is 19.1. The Kier molecular flexibility index (Phi) is 6.73. The molecule has 0 aliphatic rings. The summed E-state index contributed by atoms with van der Waals surface area (Å²) in [7, 11) is 1.59. The van der Waals surface area contributed by atoms with Crippen LogP contribution < -0.4 is 10.6 Å². The predicted octanol–water partition coefficient (Wildman–Crippen LogP) is 3.62. The van der Waals surface area contributed by atoms with Crippen LogP contribution in [0.2, 0.25) is 0 Å². The second kappa shape index (κ2) is 8.78. The zero-order chi connectivity index (χ0) is 18.4. The number of rotatable bonds is 6. The van der Waals surface area contributed by atoms with Crippen LogP contribution in [0.5, 0.6) is 0 Å². The van der Waals surface area contributed by atoms with Gasteiger partial charge in [0.2, 0.25) is 0 Å². The first-order valence-corrected chi connectivity index (χ1v) is 9.00. The third-order valence-corrected chi connectivity index (χ3v) is 4.95. The lowest BCUT2D eigenvalue weighted by atomic mass is 10.0. The third kappa shape index (κ3) is 5.41. The first-order chi connectivity index (χ1) is 11.9. The summed E-state index contributed by atoms with van der Waals surface area (Å²) in [6, 6.07) is 11.5. The predicted molar refractivity (Wildman–Crippen MR) is 101 cm³/mol. The highest BCUT2D eigenvalue weighted by Gasteiger charge is 2.18. The van der Waals surface area contributed by atoms with Crippen LogP contribution in [0.4, 0.5) is 5.69 Å². The minimum Gasteiger partial charge on any atom is -0.374 e. The van der Waals surface area contributed by atoms with E-state index in [0.29, 0.717) is 11.6 Å². The van der Waals surface area contributed by atoms with E-state index in [-0.39, 0.29) is 12.6 Å². The van der Waals surface area contributed by atoms with E-state index in [1.54, 1.807) is 30.6 Å². The van der Waals surface area contributed by atoms with Crippen LogP contribution in [0.3, 0.4) is 0 Å². The van der Waals surface area contributed by atoms with Gasteiger partial charge in [0, 0.05) is 29.1 Å². The van der Waals surface area contributed by atoms with Gasteiger partial charge in [0.25, 0.3) is 0 Å². The van der Waals surface area contributed by atoms with Gasteiger partial charge in [-0.15, -0.1) is 11.3 Å². The van der Waals surface area contributed by atoms with Crippen molar-refractivity contribution in [1.29, 1.82) is 0 Å². The summed E-state index contributed by atoms with van der Waals surface area (Å²) in [5, 5.41) is 5.23. The van der Waals surface area contributed by atoms with Crippen LogP contribution in [-0.2, 0) is 14.3 Å². The summed E-state index contributed by atoms with van der Waals surface area (Å²) in [6.07, 6.45) is -0.263. The van der Waals surface area contributed by atoms with Crippen molar-refractivity contribution in [1.82, 2.24) is 5.32 Å². The van der Waals surface area contributed by atoms with Gasteiger partial charge < -0.3 is 15.4 Å². The minimum atomic E-state index is -0.686. The molecule has 1 unspecified atom stereocenters. The summed E-state index contributed by atoms with van der Waals surface area (Å²) in [4.78, 5) is 26.2. The minimum absolute atomic E-state index is 0.245. The Balaban J connectivity index is 1.88. The summed E-state index contributed by atoms with van der Waals surface area (Å²) >= 11 is 1.61. The van der Waals surface area contributed by atoms with Crippen LogP contribution in [0.15, 0.2) is 36.4 Å². The number of methoxy groups -OCH3 is 1. The second-order valence-electron chi connectivity index (χ2n) is 6.11. The third-order valence-electron chi connectivity index (χ3n) is 3.85. The maximum absolute atomic E-state index is 12.0. The van der Waals surface area contributed by atoms with Gasteiger partial charge in [-0.3, -0.25) is 9.59 Å². The quantitative estimate of drug-likeness (QED) is 0.773. The molecule has 0 saturated heterocycles. The van der Waals surface area contributed by atoms with Crippen molar-refractivity contribution < 1.29 is 14.3 Å². The molecule has 1 aromatic carbocycles. The molecule has 0 radical (unpaired) electrons. The molecular weight excluding hydrogens is 336 g/mol. The summed E-state index contributed by atoms with van der Waals surface area (Å²) in [6.45, 7) is 6.46. The largest absolute Gasteiger partial charge is 0.374 e. The van der Waals surface area contributed by atoms with Crippen LogP contribution in [0.25, 0.3) is 0 Å². The molecule has 134 valence electrons. The summed E-state index contributed by atoms with van der Waals surface area (Å²) < 4.78 is 5.40. The molecule has 2 amide bonds. The molecule has 25 heavy (non-hydrogen) atoms. The van der Waals surface area contributed by atoms with Crippen LogP contribution >= 0.6 is 11.3 Å². The highest BCUT2D eigenvalue weighted by molar-refractivity contribution is 7.12. The molecule has 0 spiro atoms. The Hall–Kier alpha value is -2.18. The zero-order valence-corrected chi connectivity index (χ0v) is 15.8. The molecule has 2 rings (SSSR count). The van der Waals surface area contributed by atoms with E-state index >= 15 is 0 Å². The van der Waals surface area contributed by atoms with Gasteiger partial charge in [-0.05, 0) is 42.7 Å². The van der Waals surface area contributed by atoms with Crippen LogP contribution in [-0.4, -0.2) is 25.5 Å². The van der Waals surface area contributed by atoms with Gasteiger partial charge in [0.1, 0.15) is 6.10 Å². The summed E-state index contributed by atoms with van der Waals surface area (Å²) in [5.74, 6) is -0.947. The van der Waals surface area contributed by atoms with Crippen molar-refractivity contribution >= 4 is 28.8 Å². The number of benzene rings is 1. The van der Waals surface area contributed by atoms with E-state index in [2.05, 4.69) is 24.5 Å². The molecular formula is C19H24N2O3S. The van der Waals surface area contributed by atoms with E-state index in [9.17, 15) is 9.59 Å². The van der Waals surface area contributed by atoms with E-state index < -0.39 is 11.8 Å². The van der Waals surface area contributed by atoms with E-state index in [1.165, 1.54) is 10.4 Å². The molecule has 0 fully saturated rings. The van der Waals surface area contributed by atoms with Crippen molar-refractivity contribution in [3.8, 4) is 0 Å². The number of hydrogen-bond acceptors (Lipinski definition) is 4. The van der Waals surface area contributed by atoms with E-state index in [4.69, 9.17) is 4.74 Å². The number of carbonyl (C=O) groups is 2. The Labute approximate surface area is 152 Å². The van der Waals surface area contributed by atoms with Crippen molar-refractivity contribution in [2.24, 2.45) is 0 Å². The summed E-state index contributed by atoms with van der Waals surface area (Å²) in [5.41, 5.74) is 1.78. The Morgan fingerprint density at radius 3 is 2.28 bits per heavy atom. The fourth-order valence-corrected chi connectivity index (χ4v) is 3.29. The van der Waals surface area contributed by atoms with Crippen molar-refractivity contribution in [3.63, 3.8) is 0 Å². The number of thiophene rings is 1. The zero-order valence-electron chi connectivity index (χ0n) is 15.0. The van der Waals surface area contributed by atoms with Gasteiger partial charge in [-0.1, -0.05) is 26.0 Å². The molecule has 1 aromatic heterocycles. The number of hydrogen-bond donors (Lipinski definition) is 2. The molecule has 2 N–H and O–H groups in total. The SMILES string of the molecule is COC(CNC(=O)C(=O)Nc1ccc(C(C)C)cc1)c1ccc(C)s1. The lowest BCUT2D eigenvalue weighted by Gasteiger charge is -2.14. The Morgan fingerprint density at radius 1 is 1.08 bits per heavy atom. The molecule has 0 aliphatic heterocycles. The van der Waals surface area contributed by atoms with Crippen molar-refractivity contribution in [2.75, 3.05) is 19.0 Å². The normalized spacial score (nSPS) is 12.0. The number of anilines is 1. The Bertz CT molecular complexity index is 723. The second-order valence-corrected chi connectivity index (χ2v) is 7.43. The number of ether oxygens (including phenoxy) is 1. The molecule has 0 bridgehead atoms. The lowest BCUT2D eigenvalue weighted by Crippen LogP contribution is -2.37. The molecule has 0 aliphatic carbocycles. The maximum Gasteiger partial charge on any atom is 0.313 e.